The Labute approximate surface area is 179 Å². The lowest BCUT2D eigenvalue weighted by Crippen LogP contribution is -2.00. The van der Waals surface area contributed by atoms with Crippen molar-refractivity contribution in [1.29, 1.82) is 0 Å². The van der Waals surface area contributed by atoms with Gasteiger partial charge in [-0.3, -0.25) is 15.5 Å². The molecule has 2 aromatic carbocycles. The van der Waals surface area contributed by atoms with Crippen LogP contribution >= 0.6 is 15.9 Å². The molecule has 1 aromatic heterocycles. The molecule has 0 atom stereocenters. The van der Waals surface area contributed by atoms with Crippen molar-refractivity contribution in [2.45, 2.75) is 6.61 Å². The van der Waals surface area contributed by atoms with E-state index in [4.69, 9.17) is 9.84 Å². The third-order valence-corrected chi connectivity index (χ3v) is 4.54. The fourth-order valence-corrected chi connectivity index (χ4v) is 2.93. The van der Waals surface area contributed by atoms with Gasteiger partial charge in [0.1, 0.15) is 12.4 Å². The summed E-state index contributed by atoms with van der Waals surface area (Å²) in [5.41, 5.74) is 4.17. The average molecular weight is 471 g/mol. The maximum Gasteiger partial charge on any atom is 0.335 e. The van der Waals surface area contributed by atoms with Gasteiger partial charge in [0.25, 0.3) is 0 Å². The topological polar surface area (TPSA) is 127 Å². The molecule has 3 aromatic rings. The highest BCUT2D eigenvalue weighted by molar-refractivity contribution is 9.10. The molecule has 10 heteroatoms. The van der Waals surface area contributed by atoms with Crippen molar-refractivity contribution in [3.05, 3.63) is 92.1 Å². The summed E-state index contributed by atoms with van der Waals surface area (Å²) in [4.78, 5) is 25.2. The van der Waals surface area contributed by atoms with Crippen molar-refractivity contribution in [1.82, 2.24) is 4.98 Å². The number of nitrogens with one attached hydrogen (secondary N) is 1. The number of rotatable bonds is 8. The molecular formula is C20H15BrN4O5. The number of hydrogen-bond acceptors (Lipinski definition) is 7. The number of carbonyl (C=O) groups is 1. The Morgan fingerprint density at radius 3 is 2.70 bits per heavy atom. The van der Waals surface area contributed by atoms with E-state index < -0.39 is 10.9 Å². The summed E-state index contributed by atoms with van der Waals surface area (Å²) in [7, 11) is 0. The zero-order valence-electron chi connectivity index (χ0n) is 15.4. The van der Waals surface area contributed by atoms with Gasteiger partial charge in [0.15, 0.2) is 0 Å². The Hall–Kier alpha value is -3.79. The number of carboxylic acids is 1. The summed E-state index contributed by atoms with van der Waals surface area (Å²) >= 11 is 3.43. The average Bonchev–Trinajstić information content (AvgIpc) is 2.73. The highest BCUT2D eigenvalue weighted by Gasteiger charge is 2.13. The zero-order valence-corrected chi connectivity index (χ0v) is 16.9. The first kappa shape index (κ1) is 20.9. The highest BCUT2D eigenvalue weighted by atomic mass is 79.9. The van der Waals surface area contributed by atoms with Crippen molar-refractivity contribution in [2.24, 2.45) is 5.10 Å². The number of nitrogens with zero attached hydrogens (tertiary/aromatic N) is 3. The first-order valence-electron chi connectivity index (χ1n) is 8.57. The number of ether oxygens (including phenoxy) is 1. The molecule has 2 N–H and O–H groups in total. The van der Waals surface area contributed by atoms with E-state index in [2.05, 4.69) is 31.4 Å². The predicted octanol–water partition coefficient (Wildman–Crippen LogP) is 4.48. The molecule has 0 spiro atoms. The molecule has 3 rings (SSSR count). The minimum absolute atomic E-state index is 0.0479. The van der Waals surface area contributed by atoms with E-state index in [-0.39, 0.29) is 23.7 Å². The van der Waals surface area contributed by atoms with E-state index in [0.717, 1.165) is 11.1 Å². The summed E-state index contributed by atoms with van der Waals surface area (Å²) in [5.74, 6) is -0.330. The number of carboxylic acid groups (broad SMARTS) is 1. The zero-order chi connectivity index (χ0) is 21.5. The van der Waals surface area contributed by atoms with Crippen LogP contribution in [0.2, 0.25) is 0 Å². The lowest BCUT2D eigenvalue weighted by atomic mass is 10.1. The van der Waals surface area contributed by atoms with Gasteiger partial charge in [0.2, 0.25) is 5.82 Å². The van der Waals surface area contributed by atoms with Crippen LogP contribution in [0.1, 0.15) is 21.5 Å². The fraction of sp³-hybridized carbons (Fsp3) is 0.0500. The maximum atomic E-state index is 11.0. The number of aromatic carboxylic acids is 1. The van der Waals surface area contributed by atoms with Gasteiger partial charge in [-0.2, -0.15) is 5.10 Å². The van der Waals surface area contributed by atoms with Crippen molar-refractivity contribution in [2.75, 3.05) is 5.43 Å². The van der Waals surface area contributed by atoms with Crippen LogP contribution in [0.25, 0.3) is 0 Å². The molecule has 0 aliphatic heterocycles. The third kappa shape index (κ3) is 5.39. The summed E-state index contributed by atoms with van der Waals surface area (Å²) in [6, 6.07) is 14.5. The van der Waals surface area contributed by atoms with Crippen LogP contribution in [0, 0.1) is 10.1 Å². The number of pyridine rings is 1. The van der Waals surface area contributed by atoms with Crippen LogP contribution in [0.4, 0.5) is 11.5 Å². The SMILES string of the molecule is O=C(O)c1ccc(COc2ccc(/C=N\Nc3ncccc3[N+](=O)[O-])cc2Br)cc1. The second-order valence-electron chi connectivity index (χ2n) is 5.98. The molecule has 0 unspecified atom stereocenters. The second-order valence-corrected chi connectivity index (χ2v) is 6.83. The van der Waals surface area contributed by atoms with E-state index in [1.165, 1.54) is 36.7 Å². The molecule has 0 aliphatic carbocycles. The first-order valence-corrected chi connectivity index (χ1v) is 9.36. The normalized spacial score (nSPS) is 10.7. The molecule has 152 valence electrons. The molecule has 0 bridgehead atoms. The first-order chi connectivity index (χ1) is 14.4. The van der Waals surface area contributed by atoms with E-state index in [0.29, 0.717) is 10.2 Å². The quantitative estimate of drug-likeness (QED) is 0.282. The van der Waals surface area contributed by atoms with Crippen LogP contribution in [0.3, 0.4) is 0 Å². The maximum absolute atomic E-state index is 11.0. The molecular weight excluding hydrogens is 456 g/mol. The lowest BCUT2D eigenvalue weighted by Gasteiger charge is -2.09. The number of anilines is 1. The number of hydrogen-bond donors (Lipinski definition) is 2. The molecule has 0 amide bonds. The molecule has 0 saturated carbocycles. The van der Waals surface area contributed by atoms with Gasteiger partial charge in [-0.25, -0.2) is 9.78 Å². The number of aromatic nitrogens is 1. The largest absolute Gasteiger partial charge is 0.488 e. The third-order valence-electron chi connectivity index (χ3n) is 3.92. The summed E-state index contributed by atoms with van der Waals surface area (Å²) < 4.78 is 6.45. The van der Waals surface area contributed by atoms with E-state index in [1.807, 2.05) is 0 Å². The molecule has 0 aliphatic rings. The fourth-order valence-electron chi connectivity index (χ4n) is 2.42. The van der Waals surface area contributed by atoms with E-state index >= 15 is 0 Å². The van der Waals surface area contributed by atoms with Gasteiger partial charge in [-0.15, -0.1) is 0 Å². The van der Waals surface area contributed by atoms with Gasteiger partial charge < -0.3 is 9.84 Å². The number of hydrazone groups is 1. The van der Waals surface area contributed by atoms with Crippen molar-refractivity contribution in [3.63, 3.8) is 0 Å². The van der Waals surface area contributed by atoms with Gasteiger partial charge in [-0.1, -0.05) is 12.1 Å². The van der Waals surface area contributed by atoms with Crippen LogP contribution in [0.15, 0.2) is 70.4 Å². The molecule has 0 radical (unpaired) electrons. The van der Waals surface area contributed by atoms with E-state index in [9.17, 15) is 14.9 Å². The standard InChI is InChI=1S/C20H15BrN4O5/c21-16-10-14(11-23-24-19-17(25(28)29)2-1-9-22-19)5-8-18(16)30-12-13-3-6-15(7-4-13)20(26)27/h1-11H,12H2,(H,22,24)(H,26,27)/b23-11-. The molecule has 9 nitrogen and oxygen atoms in total. The Kier molecular flexibility index (Phi) is 6.71. The second kappa shape index (κ2) is 9.61. The van der Waals surface area contributed by atoms with Crippen molar-refractivity contribution in [3.8, 4) is 5.75 Å². The van der Waals surface area contributed by atoms with Crippen molar-refractivity contribution < 1.29 is 19.6 Å². The molecule has 30 heavy (non-hydrogen) atoms. The van der Waals surface area contributed by atoms with Crippen LogP contribution < -0.4 is 10.2 Å². The van der Waals surface area contributed by atoms with Gasteiger partial charge >= 0.3 is 11.7 Å². The summed E-state index contributed by atoms with van der Waals surface area (Å²) in [6.45, 7) is 0.275. The monoisotopic (exact) mass is 470 g/mol. The van der Waals surface area contributed by atoms with Crippen LogP contribution in [-0.4, -0.2) is 27.2 Å². The Balaban J connectivity index is 1.61. The number of halogens is 1. The van der Waals surface area contributed by atoms with Gasteiger partial charge in [-0.05, 0) is 63.5 Å². The van der Waals surface area contributed by atoms with Gasteiger partial charge in [0, 0.05) is 12.3 Å². The number of nitro groups is 1. The predicted molar refractivity (Wildman–Crippen MR) is 114 cm³/mol. The lowest BCUT2D eigenvalue weighted by molar-refractivity contribution is -0.384. The molecule has 0 saturated heterocycles. The Bertz CT molecular complexity index is 1100. The Morgan fingerprint density at radius 1 is 1.27 bits per heavy atom. The van der Waals surface area contributed by atoms with Crippen LogP contribution in [-0.2, 0) is 6.61 Å². The Morgan fingerprint density at radius 2 is 2.03 bits per heavy atom. The molecule has 1 heterocycles. The summed E-state index contributed by atoms with van der Waals surface area (Å²) in [6.07, 6.45) is 2.93. The minimum atomic E-state index is -0.977. The number of benzene rings is 2. The van der Waals surface area contributed by atoms with Crippen LogP contribution in [0.5, 0.6) is 5.75 Å². The minimum Gasteiger partial charge on any atom is -0.488 e. The highest BCUT2D eigenvalue weighted by Crippen LogP contribution is 2.26. The van der Waals surface area contributed by atoms with E-state index in [1.54, 1.807) is 30.3 Å². The van der Waals surface area contributed by atoms with Gasteiger partial charge in [0.05, 0.1) is 21.2 Å². The smallest absolute Gasteiger partial charge is 0.335 e. The van der Waals surface area contributed by atoms with Crippen molar-refractivity contribution >= 4 is 39.6 Å². The molecule has 0 fully saturated rings. The summed E-state index contributed by atoms with van der Waals surface area (Å²) in [5, 5.41) is 23.9.